The molecule has 0 atom stereocenters. The minimum atomic E-state index is -0.483. The van der Waals surface area contributed by atoms with Crippen LogP contribution in [0.15, 0.2) is 48.8 Å². The topological polar surface area (TPSA) is 61.4 Å². The Kier molecular flexibility index (Phi) is 6.72. The zero-order chi connectivity index (χ0) is 21.6. The van der Waals surface area contributed by atoms with Gasteiger partial charge in [0.15, 0.2) is 0 Å². The van der Waals surface area contributed by atoms with Gasteiger partial charge in [-0.3, -0.25) is 19.7 Å². The third-order valence-electron chi connectivity index (χ3n) is 5.71. The summed E-state index contributed by atoms with van der Waals surface area (Å²) >= 11 is 0. The Morgan fingerprint density at radius 1 is 1.06 bits per heavy atom. The molecule has 0 aliphatic carbocycles. The second-order valence-corrected chi connectivity index (χ2v) is 8.01. The first kappa shape index (κ1) is 21.2. The standard InChI is InChI=1S/C24H28FN5O/c1-18-5-4-6-20(15-18)30-13-11-29(12-14-30)10-3-2-7-28-24(31)21-16-19(25)17-22-23(21)27-9-8-26-22/h4-6,8-9,15-17H,2-3,7,10-14H2,1H3,(H,28,31). The Bertz CT molecular complexity index is 1050. The molecular formula is C24H28FN5O. The number of amides is 1. The molecule has 0 spiro atoms. The fraction of sp³-hybridized carbons (Fsp3) is 0.375. The number of fused-ring (bicyclic) bond motifs is 1. The van der Waals surface area contributed by atoms with Gasteiger partial charge in [-0.25, -0.2) is 4.39 Å². The number of aromatic nitrogens is 2. The maximum absolute atomic E-state index is 13.8. The van der Waals surface area contributed by atoms with Crippen LogP contribution >= 0.6 is 0 Å². The summed E-state index contributed by atoms with van der Waals surface area (Å²) < 4.78 is 13.8. The van der Waals surface area contributed by atoms with Gasteiger partial charge in [-0.05, 0) is 50.1 Å². The van der Waals surface area contributed by atoms with Crippen LogP contribution in [-0.2, 0) is 0 Å². The number of hydrogen-bond donors (Lipinski definition) is 1. The van der Waals surface area contributed by atoms with Gasteiger partial charge < -0.3 is 10.2 Å². The molecule has 3 aromatic rings. The average molecular weight is 422 g/mol. The van der Waals surface area contributed by atoms with E-state index in [2.05, 4.69) is 56.3 Å². The summed E-state index contributed by atoms with van der Waals surface area (Å²) in [6.07, 6.45) is 4.89. The van der Waals surface area contributed by atoms with Gasteiger partial charge in [0.25, 0.3) is 5.91 Å². The Hall–Kier alpha value is -3.06. The van der Waals surface area contributed by atoms with Crippen molar-refractivity contribution in [2.24, 2.45) is 0 Å². The van der Waals surface area contributed by atoms with E-state index in [0.717, 1.165) is 45.6 Å². The Morgan fingerprint density at radius 3 is 2.68 bits per heavy atom. The minimum Gasteiger partial charge on any atom is -0.369 e. The predicted octanol–water partition coefficient (Wildman–Crippen LogP) is 3.41. The molecule has 2 aromatic carbocycles. The molecule has 1 aromatic heterocycles. The summed E-state index contributed by atoms with van der Waals surface area (Å²) in [5.74, 6) is -0.792. The summed E-state index contributed by atoms with van der Waals surface area (Å²) in [7, 11) is 0. The van der Waals surface area contributed by atoms with E-state index in [1.807, 2.05) is 0 Å². The van der Waals surface area contributed by atoms with E-state index < -0.39 is 5.82 Å². The number of nitrogens with one attached hydrogen (secondary N) is 1. The number of halogens is 1. The molecule has 6 nitrogen and oxygen atoms in total. The number of carbonyl (C=O) groups is 1. The van der Waals surface area contributed by atoms with Crippen molar-refractivity contribution in [2.45, 2.75) is 19.8 Å². The first-order valence-electron chi connectivity index (χ1n) is 10.8. The number of benzene rings is 2. The van der Waals surface area contributed by atoms with Gasteiger partial charge in [0, 0.05) is 56.9 Å². The van der Waals surface area contributed by atoms with Crippen LogP contribution in [0.3, 0.4) is 0 Å². The first-order valence-corrected chi connectivity index (χ1v) is 10.8. The summed E-state index contributed by atoms with van der Waals surface area (Å²) in [4.78, 5) is 25.7. The predicted molar refractivity (Wildman–Crippen MR) is 121 cm³/mol. The quantitative estimate of drug-likeness (QED) is 0.593. The highest BCUT2D eigenvalue weighted by molar-refractivity contribution is 6.04. The van der Waals surface area contributed by atoms with Crippen LogP contribution in [0.2, 0.25) is 0 Å². The van der Waals surface area contributed by atoms with Crippen LogP contribution in [0.25, 0.3) is 11.0 Å². The van der Waals surface area contributed by atoms with Crippen LogP contribution in [0, 0.1) is 12.7 Å². The Balaban J connectivity index is 1.19. The molecule has 1 saturated heterocycles. The second-order valence-electron chi connectivity index (χ2n) is 8.01. The molecule has 0 unspecified atom stereocenters. The first-order chi connectivity index (χ1) is 15.1. The molecule has 1 amide bonds. The van der Waals surface area contributed by atoms with Gasteiger partial charge in [-0.1, -0.05) is 12.1 Å². The van der Waals surface area contributed by atoms with Crippen molar-refractivity contribution in [3.63, 3.8) is 0 Å². The molecule has 7 heteroatoms. The number of anilines is 1. The van der Waals surface area contributed by atoms with Crippen molar-refractivity contribution in [2.75, 3.05) is 44.2 Å². The number of rotatable bonds is 7. The highest BCUT2D eigenvalue weighted by Gasteiger charge is 2.17. The van der Waals surface area contributed by atoms with Crippen molar-refractivity contribution in [1.82, 2.24) is 20.2 Å². The monoisotopic (exact) mass is 421 g/mol. The van der Waals surface area contributed by atoms with E-state index in [9.17, 15) is 9.18 Å². The maximum atomic E-state index is 13.8. The van der Waals surface area contributed by atoms with E-state index in [0.29, 0.717) is 17.6 Å². The summed E-state index contributed by atoms with van der Waals surface area (Å²) in [6, 6.07) is 11.2. The highest BCUT2D eigenvalue weighted by atomic mass is 19.1. The fourth-order valence-corrected chi connectivity index (χ4v) is 4.03. The number of unbranched alkanes of at least 4 members (excludes halogenated alkanes) is 1. The third kappa shape index (κ3) is 5.35. The molecule has 31 heavy (non-hydrogen) atoms. The molecular weight excluding hydrogens is 393 g/mol. The zero-order valence-corrected chi connectivity index (χ0v) is 17.9. The third-order valence-corrected chi connectivity index (χ3v) is 5.71. The highest BCUT2D eigenvalue weighted by Crippen LogP contribution is 2.18. The smallest absolute Gasteiger partial charge is 0.253 e. The molecule has 1 aliphatic rings. The van der Waals surface area contributed by atoms with E-state index in [1.165, 1.54) is 35.8 Å². The Labute approximate surface area is 182 Å². The number of hydrogen-bond acceptors (Lipinski definition) is 5. The van der Waals surface area contributed by atoms with Gasteiger partial charge in [0.2, 0.25) is 0 Å². The summed E-state index contributed by atoms with van der Waals surface area (Å²) in [5.41, 5.74) is 3.64. The average Bonchev–Trinajstić information content (AvgIpc) is 2.78. The SMILES string of the molecule is Cc1cccc(N2CCN(CCCCNC(=O)c3cc(F)cc4nccnc34)CC2)c1. The summed E-state index contributed by atoms with van der Waals surface area (Å²) in [5, 5.41) is 2.89. The van der Waals surface area contributed by atoms with Gasteiger partial charge >= 0.3 is 0 Å². The molecule has 1 N–H and O–H groups in total. The van der Waals surface area contributed by atoms with Gasteiger partial charge in [0.1, 0.15) is 11.3 Å². The van der Waals surface area contributed by atoms with Crippen LogP contribution in [-0.4, -0.2) is 60.0 Å². The van der Waals surface area contributed by atoms with Crippen molar-refractivity contribution >= 4 is 22.6 Å². The molecule has 1 fully saturated rings. The van der Waals surface area contributed by atoms with Gasteiger partial charge in [0.05, 0.1) is 11.1 Å². The zero-order valence-electron chi connectivity index (χ0n) is 17.9. The van der Waals surface area contributed by atoms with E-state index in [4.69, 9.17) is 0 Å². The lowest BCUT2D eigenvalue weighted by Crippen LogP contribution is -2.46. The Morgan fingerprint density at radius 2 is 1.87 bits per heavy atom. The molecule has 2 heterocycles. The number of piperazine rings is 1. The molecule has 4 rings (SSSR count). The fourth-order valence-electron chi connectivity index (χ4n) is 4.03. The molecule has 0 radical (unpaired) electrons. The lowest BCUT2D eigenvalue weighted by molar-refractivity contribution is 0.0953. The van der Waals surface area contributed by atoms with Crippen LogP contribution in [0.4, 0.5) is 10.1 Å². The number of nitrogens with zero attached hydrogens (tertiary/aromatic N) is 4. The molecule has 1 aliphatic heterocycles. The van der Waals surface area contributed by atoms with Gasteiger partial charge in [-0.15, -0.1) is 0 Å². The molecule has 0 bridgehead atoms. The van der Waals surface area contributed by atoms with Crippen LogP contribution in [0.1, 0.15) is 28.8 Å². The number of aryl methyl sites for hydroxylation is 1. The van der Waals surface area contributed by atoms with Crippen molar-refractivity contribution in [3.8, 4) is 0 Å². The van der Waals surface area contributed by atoms with E-state index in [-0.39, 0.29) is 11.5 Å². The van der Waals surface area contributed by atoms with Crippen molar-refractivity contribution in [1.29, 1.82) is 0 Å². The minimum absolute atomic E-state index is 0.232. The van der Waals surface area contributed by atoms with E-state index in [1.54, 1.807) is 0 Å². The van der Waals surface area contributed by atoms with Crippen molar-refractivity contribution < 1.29 is 9.18 Å². The van der Waals surface area contributed by atoms with E-state index >= 15 is 0 Å². The number of carbonyl (C=O) groups excluding carboxylic acids is 1. The summed E-state index contributed by atoms with van der Waals surface area (Å²) in [6.45, 7) is 7.87. The van der Waals surface area contributed by atoms with Crippen LogP contribution < -0.4 is 10.2 Å². The maximum Gasteiger partial charge on any atom is 0.253 e. The second kappa shape index (κ2) is 9.83. The normalized spacial score (nSPS) is 14.7. The molecule has 162 valence electrons. The largest absolute Gasteiger partial charge is 0.369 e. The van der Waals surface area contributed by atoms with Crippen molar-refractivity contribution in [3.05, 3.63) is 65.7 Å². The lowest BCUT2D eigenvalue weighted by Gasteiger charge is -2.36. The lowest BCUT2D eigenvalue weighted by atomic mass is 10.1. The molecule has 0 saturated carbocycles. The van der Waals surface area contributed by atoms with Crippen LogP contribution in [0.5, 0.6) is 0 Å². The van der Waals surface area contributed by atoms with Gasteiger partial charge in [-0.2, -0.15) is 0 Å².